The maximum atomic E-state index is 3.70. The Bertz CT molecular complexity index is 2830. The molecule has 0 N–H and O–H groups in total. The molecular formula is C48H35BrN2S. The number of benzene rings is 6. The maximum absolute atomic E-state index is 3.70. The molecule has 6 aromatic carbocycles. The zero-order chi connectivity index (χ0) is 34.6. The van der Waals surface area contributed by atoms with Gasteiger partial charge >= 0.3 is 0 Å². The van der Waals surface area contributed by atoms with Crippen LogP contribution in [0.1, 0.15) is 31.2 Å². The molecule has 0 radical (unpaired) electrons. The van der Waals surface area contributed by atoms with E-state index in [1.807, 2.05) is 11.3 Å². The molecule has 0 fully saturated rings. The number of thiophene rings is 1. The Morgan fingerprint density at radius 1 is 0.538 bits per heavy atom. The quantitative estimate of drug-likeness (QED) is 0.164. The number of halogens is 1. The van der Waals surface area contributed by atoms with Gasteiger partial charge in [-0.2, -0.15) is 0 Å². The largest absolute Gasteiger partial charge is 0.313 e. The summed E-state index contributed by atoms with van der Waals surface area (Å²) in [6.07, 6.45) is 17.7. The minimum Gasteiger partial charge on any atom is -0.313 e. The first-order valence-electron chi connectivity index (χ1n) is 18.1. The Morgan fingerprint density at radius 2 is 1.27 bits per heavy atom. The van der Waals surface area contributed by atoms with Crippen LogP contribution in [0.2, 0.25) is 0 Å². The smallest absolute Gasteiger partial charge is 0.0558 e. The number of allylic oxidation sites excluding steroid dienone is 8. The van der Waals surface area contributed by atoms with Gasteiger partial charge in [-0.3, -0.25) is 0 Å². The third-order valence-corrected chi connectivity index (χ3v) is 12.2. The molecule has 2 heterocycles. The Balaban J connectivity index is 1.24. The summed E-state index contributed by atoms with van der Waals surface area (Å²) in [7, 11) is 0. The van der Waals surface area contributed by atoms with Crippen LogP contribution in [0.25, 0.3) is 64.4 Å². The lowest BCUT2D eigenvalue weighted by molar-refractivity contribution is 0.979. The van der Waals surface area contributed by atoms with E-state index in [1.165, 1.54) is 69.9 Å². The highest BCUT2D eigenvalue weighted by molar-refractivity contribution is 9.10. The second-order valence-electron chi connectivity index (χ2n) is 13.7. The van der Waals surface area contributed by atoms with Gasteiger partial charge < -0.3 is 9.47 Å². The van der Waals surface area contributed by atoms with Gasteiger partial charge in [-0.05, 0) is 121 Å². The highest BCUT2D eigenvalue weighted by Gasteiger charge is 2.22. The van der Waals surface area contributed by atoms with Crippen molar-refractivity contribution in [3.8, 4) is 11.1 Å². The molecule has 2 nitrogen and oxygen atoms in total. The van der Waals surface area contributed by atoms with Crippen molar-refractivity contribution in [2.24, 2.45) is 0 Å². The van der Waals surface area contributed by atoms with Crippen molar-refractivity contribution >= 4 is 97.6 Å². The van der Waals surface area contributed by atoms with Gasteiger partial charge in [-0.25, -0.2) is 0 Å². The molecule has 0 unspecified atom stereocenters. The fraction of sp³-hybridized carbons (Fsp3) is 0.0833. The molecule has 52 heavy (non-hydrogen) atoms. The van der Waals surface area contributed by atoms with Crippen molar-refractivity contribution in [1.29, 1.82) is 0 Å². The average Bonchev–Trinajstić information content (AvgIpc) is 3.74. The van der Waals surface area contributed by atoms with Gasteiger partial charge in [-0.15, -0.1) is 11.3 Å². The number of hydrogen-bond acceptors (Lipinski definition) is 2. The van der Waals surface area contributed by atoms with E-state index < -0.39 is 0 Å². The molecule has 0 amide bonds. The predicted molar refractivity (Wildman–Crippen MR) is 229 cm³/mol. The molecule has 8 aromatic rings. The SMILES string of the molecule is Brc1cccc(-c2cccc(N(c3cccc(C4=CC=CCC4)c3)c3ccc4c5c6c(ccc5n(C5=CC=CCC5)c4c3)sc3ccccc36)c2)c1. The van der Waals surface area contributed by atoms with Crippen LogP contribution in [0.4, 0.5) is 17.1 Å². The normalized spacial score (nSPS) is 14.4. The number of anilines is 3. The molecule has 4 heteroatoms. The molecule has 2 aliphatic carbocycles. The summed E-state index contributed by atoms with van der Waals surface area (Å²) in [6, 6.07) is 47.3. The Labute approximate surface area is 316 Å². The van der Waals surface area contributed by atoms with Gasteiger partial charge in [0, 0.05) is 58.2 Å². The van der Waals surface area contributed by atoms with Crippen molar-refractivity contribution in [1.82, 2.24) is 4.57 Å². The molecule has 2 aliphatic rings. The van der Waals surface area contributed by atoms with E-state index in [-0.39, 0.29) is 0 Å². The zero-order valence-corrected chi connectivity index (χ0v) is 31.0. The minimum atomic E-state index is 1.01. The van der Waals surface area contributed by atoms with Crippen molar-refractivity contribution < 1.29 is 0 Å². The minimum absolute atomic E-state index is 1.01. The first-order chi connectivity index (χ1) is 25.7. The predicted octanol–water partition coefficient (Wildman–Crippen LogP) is 15.0. The highest BCUT2D eigenvalue weighted by Crippen LogP contribution is 2.46. The van der Waals surface area contributed by atoms with Crippen molar-refractivity contribution in [3.05, 3.63) is 174 Å². The van der Waals surface area contributed by atoms with Gasteiger partial charge in [0.25, 0.3) is 0 Å². The van der Waals surface area contributed by atoms with Crippen LogP contribution in [0.3, 0.4) is 0 Å². The number of aromatic nitrogens is 1. The topological polar surface area (TPSA) is 8.17 Å². The summed E-state index contributed by atoms with van der Waals surface area (Å²) in [5, 5.41) is 5.33. The lowest BCUT2D eigenvalue weighted by Crippen LogP contribution is -2.11. The highest BCUT2D eigenvalue weighted by atomic mass is 79.9. The van der Waals surface area contributed by atoms with Crippen molar-refractivity contribution in [2.75, 3.05) is 4.90 Å². The first-order valence-corrected chi connectivity index (χ1v) is 19.7. The summed E-state index contributed by atoms with van der Waals surface area (Å²) < 4.78 is 6.29. The van der Waals surface area contributed by atoms with Crippen LogP contribution in [0.5, 0.6) is 0 Å². The molecule has 0 saturated carbocycles. The van der Waals surface area contributed by atoms with Gasteiger partial charge in [0.1, 0.15) is 0 Å². The zero-order valence-electron chi connectivity index (χ0n) is 28.6. The fourth-order valence-electron chi connectivity index (χ4n) is 8.16. The van der Waals surface area contributed by atoms with Crippen LogP contribution in [-0.4, -0.2) is 4.57 Å². The maximum Gasteiger partial charge on any atom is 0.0558 e. The number of rotatable bonds is 6. The van der Waals surface area contributed by atoms with E-state index in [0.29, 0.717) is 0 Å². The second-order valence-corrected chi connectivity index (χ2v) is 15.7. The Morgan fingerprint density at radius 3 is 2.06 bits per heavy atom. The molecule has 10 rings (SSSR count). The van der Waals surface area contributed by atoms with Crippen LogP contribution in [0.15, 0.2) is 168 Å². The summed E-state index contributed by atoms with van der Waals surface area (Å²) >= 11 is 5.59. The Hall–Kier alpha value is -5.42. The summed E-state index contributed by atoms with van der Waals surface area (Å²) in [5.41, 5.74) is 12.3. The van der Waals surface area contributed by atoms with Gasteiger partial charge in [-0.1, -0.05) is 107 Å². The van der Waals surface area contributed by atoms with Crippen LogP contribution < -0.4 is 4.90 Å². The number of fused-ring (bicyclic) bond motifs is 7. The molecule has 2 aromatic heterocycles. The van der Waals surface area contributed by atoms with Crippen molar-refractivity contribution in [3.63, 3.8) is 0 Å². The molecule has 0 atom stereocenters. The summed E-state index contributed by atoms with van der Waals surface area (Å²) in [4.78, 5) is 2.44. The Kier molecular flexibility index (Phi) is 7.81. The second kappa shape index (κ2) is 13.0. The van der Waals surface area contributed by atoms with Crippen LogP contribution in [0, 0.1) is 0 Å². The molecular weight excluding hydrogens is 717 g/mol. The van der Waals surface area contributed by atoms with Crippen LogP contribution in [-0.2, 0) is 0 Å². The molecule has 0 saturated heterocycles. The van der Waals surface area contributed by atoms with Gasteiger partial charge in [0.2, 0.25) is 0 Å². The van der Waals surface area contributed by atoms with E-state index in [4.69, 9.17) is 0 Å². The van der Waals surface area contributed by atoms with Crippen molar-refractivity contribution in [2.45, 2.75) is 25.7 Å². The number of nitrogens with zero attached hydrogens (tertiary/aromatic N) is 2. The fourth-order valence-corrected chi connectivity index (χ4v) is 9.68. The third-order valence-electron chi connectivity index (χ3n) is 10.5. The van der Waals surface area contributed by atoms with Gasteiger partial charge in [0.15, 0.2) is 0 Å². The average molecular weight is 752 g/mol. The molecule has 0 bridgehead atoms. The van der Waals surface area contributed by atoms with E-state index in [1.54, 1.807) is 0 Å². The lowest BCUT2D eigenvalue weighted by atomic mass is 9.96. The molecule has 250 valence electrons. The number of hydrogen-bond donors (Lipinski definition) is 0. The van der Waals surface area contributed by atoms with E-state index in [0.717, 1.165) is 47.2 Å². The lowest BCUT2D eigenvalue weighted by Gasteiger charge is -2.27. The summed E-state index contributed by atoms with van der Waals surface area (Å²) in [5.74, 6) is 0. The molecule has 0 aliphatic heterocycles. The monoisotopic (exact) mass is 750 g/mol. The van der Waals surface area contributed by atoms with Gasteiger partial charge in [0.05, 0.1) is 11.0 Å². The summed E-state index contributed by atoms with van der Waals surface area (Å²) in [6.45, 7) is 0. The van der Waals surface area contributed by atoms with E-state index >= 15 is 0 Å². The standard InChI is InChI=1S/C48H35BrN2S/c49-36-17-9-14-33(28-36)35-16-11-21-39(30-35)50(38-20-10-15-34(29-38)32-12-3-1-4-13-32)40-24-25-41-44(31-40)51(37-18-5-2-6-19-37)43-26-27-46-48(47(41)43)42-22-7-8-23-45(42)52-46/h1-3,5,7-12,14-18,20-31H,4,6,13,19H2. The van der Waals surface area contributed by atoms with Crippen LogP contribution >= 0.6 is 27.3 Å². The third kappa shape index (κ3) is 5.37. The van der Waals surface area contributed by atoms with E-state index in [2.05, 4.69) is 189 Å². The van der Waals surface area contributed by atoms with E-state index in [9.17, 15) is 0 Å². The first kappa shape index (κ1) is 31.3. The molecule has 0 spiro atoms.